The largest absolute Gasteiger partial charge is 0.393 e. The van der Waals surface area contributed by atoms with E-state index >= 15 is 0 Å². The van der Waals surface area contributed by atoms with Crippen molar-refractivity contribution < 1.29 is 19.1 Å². The van der Waals surface area contributed by atoms with Gasteiger partial charge in [-0.05, 0) is 0 Å². The molecule has 0 aliphatic heterocycles. The summed E-state index contributed by atoms with van der Waals surface area (Å²) in [5.74, 6) is -1.30. The maximum absolute atomic E-state index is 10.3. The SMILES string of the molecule is O=COC(=O)C(Cl)(Cl)C=O. The fourth-order valence-electron chi connectivity index (χ4n) is 0.170. The number of hydrogen-bond donors (Lipinski definition) is 0. The molecule has 0 saturated carbocycles. The highest BCUT2D eigenvalue weighted by Crippen LogP contribution is 2.18. The summed E-state index contributed by atoms with van der Waals surface area (Å²) < 4.78 is 1.41. The van der Waals surface area contributed by atoms with E-state index in [1.54, 1.807) is 0 Å². The molecule has 0 radical (unpaired) electrons. The zero-order chi connectivity index (χ0) is 8.20. The van der Waals surface area contributed by atoms with Crippen molar-refractivity contribution >= 4 is 41.9 Å². The van der Waals surface area contributed by atoms with Crippen LogP contribution in [0.5, 0.6) is 0 Å². The fourth-order valence-corrected chi connectivity index (χ4v) is 0.259. The number of rotatable bonds is 3. The van der Waals surface area contributed by atoms with Crippen molar-refractivity contribution in [2.45, 2.75) is 4.33 Å². The van der Waals surface area contributed by atoms with Crippen LogP contribution >= 0.6 is 23.2 Å². The van der Waals surface area contributed by atoms with Crippen molar-refractivity contribution in [1.29, 1.82) is 0 Å². The molecule has 10 heavy (non-hydrogen) atoms. The molecule has 0 atom stereocenters. The summed E-state index contributed by atoms with van der Waals surface area (Å²) in [6.07, 6.45) is -0.0397. The number of alkyl halides is 2. The molecular weight excluding hydrogens is 183 g/mol. The Morgan fingerprint density at radius 1 is 1.40 bits per heavy atom. The highest BCUT2D eigenvalue weighted by Gasteiger charge is 2.35. The van der Waals surface area contributed by atoms with Crippen LogP contribution in [0.25, 0.3) is 0 Å². The van der Waals surface area contributed by atoms with Crippen molar-refractivity contribution in [3.8, 4) is 0 Å². The Bertz CT molecular complexity index is 165. The molecule has 56 valence electrons. The smallest absolute Gasteiger partial charge is 0.357 e. The van der Waals surface area contributed by atoms with Crippen LogP contribution in [0.4, 0.5) is 0 Å². The van der Waals surface area contributed by atoms with E-state index in [0.29, 0.717) is 0 Å². The minimum Gasteiger partial charge on any atom is -0.393 e. The van der Waals surface area contributed by atoms with Crippen LogP contribution in [0.2, 0.25) is 0 Å². The molecule has 0 aromatic heterocycles. The van der Waals surface area contributed by atoms with E-state index in [2.05, 4.69) is 4.74 Å². The lowest BCUT2D eigenvalue weighted by Gasteiger charge is -2.05. The van der Waals surface area contributed by atoms with Crippen LogP contribution < -0.4 is 0 Å². The molecule has 0 amide bonds. The normalized spacial score (nSPS) is 10.2. The van der Waals surface area contributed by atoms with E-state index in [-0.39, 0.29) is 12.8 Å². The second kappa shape index (κ2) is 3.53. The van der Waals surface area contributed by atoms with E-state index < -0.39 is 10.3 Å². The zero-order valence-corrected chi connectivity index (χ0v) is 6.06. The Hall–Kier alpha value is -0.610. The molecule has 0 bridgehead atoms. The second-order valence-corrected chi connectivity index (χ2v) is 2.63. The first kappa shape index (κ1) is 9.39. The van der Waals surface area contributed by atoms with Crippen molar-refractivity contribution in [2.24, 2.45) is 0 Å². The summed E-state index contributed by atoms with van der Waals surface area (Å²) in [7, 11) is 0. The van der Waals surface area contributed by atoms with Gasteiger partial charge < -0.3 is 4.74 Å². The predicted octanol–water partition coefficient (Wildman–Crippen LogP) is 0.0588. The summed E-state index contributed by atoms with van der Waals surface area (Å²) in [5.41, 5.74) is 0. The minimum atomic E-state index is -2.28. The molecule has 0 N–H and O–H groups in total. The molecule has 0 rings (SSSR count). The number of ether oxygens (including phenoxy) is 1. The number of carbonyl (C=O) groups is 3. The highest BCUT2D eigenvalue weighted by atomic mass is 35.5. The van der Waals surface area contributed by atoms with Crippen LogP contribution in [-0.2, 0) is 19.1 Å². The summed E-state index contributed by atoms with van der Waals surface area (Å²) in [5, 5.41) is 0. The van der Waals surface area contributed by atoms with E-state index in [4.69, 9.17) is 23.2 Å². The Morgan fingerprint density at radius 2 is 1.90 bits per heavy atom. The zero-order valence-electron chi connectivity index (χ0n) is 4.54. The van der Waals surface area contributed by atoms with Crippen molar-refractivity contribution in [2.75, 3.05) is 0 Å². The first-order valence-electron chi connectivity index (χ1n) is 2.03. The van der Waals surface area contributed by atoms with E-state index in [0.717, 1.165) is 0 Å². The van der Waals surface area contributed by atoms with Crippen LogP contribution in [0, 0.1) is 0 Å². The Kier molecular flexibility index (Phi) is 3.32. The summed E-state index contributed by atoms with van der Waals surface area (Å²) in [6.45, 7) is -0.161. The third-order valence-electron chi connectivity index (χ3n) is 0.575. The van der Waals surface area contributed by atoms with Gasteiger partial charge in [0.05, 0.1) is 0 Å². The Balaban J connectivity index is 4.17. The lowest BCUT2D eigenvalue weighted by atomic mass is 10.5. The first-order valence-corrected chi connectivity index (χ1v) is 2.79. The van der Waals surface area contributed by atoms with E-state index in [1.807, 2.05) is 0 Å². The number of hydrogen-bond acceptors (Lipinski definition) is 4. The number of carbonyl (C=O) groups excluding carboxylic acids is 3. The monoisotopic (exact) mass is 184 g/mol. The maximum atomic E-state index is 10.3. The third kappa shape index (κ3) is 2.33. The Morgan fingerprint density at radius 3 is 2.20 bits per heavy atom. The summed E-state index contributed by atoms with van der Waals surface area (Å²) in [4.78, 5) is 29.7. The average molecular weight is 185 g/mol. The molecular formula is C4H2Cl2O4. The van der Waals surface area contributed by atoms with Gasteiger partial charge in [0.15, 0.2) is 6.29 Å². The van der Waals surface area contributed by atoms with Gasteiger partial charge in [0.2, 0.25) is 0 Å². The molecule has 0 unspecified atom stereocenters. The minimum absolute atomic E-state index is 0.0397. The average Bonchev–Trinajstić information content (AvgIpc) is 1.89. The topological polar surface area (TPSA) is 60.4 Å². The molecule has 6 heteroatoms. The third-order valence-corrected chi connectivity index (χ3v) is 1.06. The van der Waals surface area contributed by atoms with Gasteiger partial charge in [-0.2, -0.15) is 0 Å². The van der Waals surface area contributed by atoms with Crippen LogP contribution in [0.3, 0.4) is 0 Å². The molecule has 0 saturated heterocycles. The lowest BCUT2D eigenvalue weighted by Crippen LogP contribution is -2.29. The van der Waals surface area contributed by atoms with Gasteiger partial charge in [-0.1, -0.05) is 23.2 Å². The van der Waals surface area contributed by atoms with Gasteiger partial charge in [0.1, 0.15) is 0 Å². The quantitative estimate of drug-likeness (QED) is 0.270. The lowest BCUT2D eigenvalue weighted by molar-refractivity contribution is -0.152. The predicted molar refractivity (Wildman–Crippen MR) is 32.7 cm³/mol. The van der Waals surface area contributed by atoms with Crippen molar-refractivity contribution in [3.05, 3.63) is 0 Å². The molecule has 0 aromatic carbocycles. The van der Waals surface area contributed by atoms with Crippen LogP contribution in [0.1, 0.15) is 0 Å². The van der Waals surface area contributed by atoms with Gasteiger partial charge >= 0.3 is 12.4 Å². The van der Waals surface area contributed by atoms with Gasteiger partial charge in [-0.3, -0.25) is 9.59 Å². The molecule has 0 aliphatic rings. The summed E-state index contributed by atoms with van der Waals surface area (Å²) >= 11 is 10.0. The van der Waals surface area contributed by atoms with Crippen molar-refractivity contribution in [1.82, 2.24) is 0 Å². The second-order valence-electron chi connectivity index (χ2n) is 1.24. The van der Waals surface area contributed by atoms with Crippen LogP contribution in [0.15, 0.2) is 0 Å². The fraction of sp³-hybridized carbons (Fsp3) is 0.250. The Labute approximate surface area is 66.0 Å². The number of esters is 1. The standard InChI is InChI=1S/C4H2Cl2O4/c5-4(6,1-7)3(9)10-2-8/h1-2H. The van der Waals surface area contributed by atoms with Crippen LogP contribution in [-0.4, -0.2) is 23.1 Å². The number of halogens is 2. The van der Waals surface area contributed by atoms with Crippen molar-refractivity contribution in [3.63, 3.8) is 0 Å². The molecule has 0 aliphatic carbocycles. The van der Waals surface area contributed by atoms with Gasteiger partial charge in [-0.25, -0.2) is 4.79 Å². The highest BCUT2D eigenvalue weighted by molar-refractivity contribution is 6.65. The number of aldehydes is 1. The van der Waals surface area contributed by atoms with Gasteiger partial charge in [0, 0.05) is 0 Å². The van der Waals surface area contributed by atoms with Gasteiger partial charge in [0.25, 0.3) is 4.33 Å². The molecule has 0 aromatic rings. The van der Waals surface area contributed by atoms with Gasteiger partial charge in [-0.15, -0.1) is 0 Å². The maximum Gasteiger partial charge on any atom is 0.357 e. The van der Waals surface area contributed by atoms with E-state index in [9.17, 15) is 14.4 Å². The summed E-state index contributed by atoms with van der Waals surface area (Å²) in [6, 6.07) is 0. The molecule has 0 heterocycles. The molecule has 0 fully saturated rings. The molecule has 0 spiro atoms. The molecule has 4 nitrogen and oxygen atoms in total. The first-order chi connectivity index (χ1) is 4.54. The van der Waals surface area contributed by atoms with E-state index in [1.165, 1.54) is 0 Å².